The van der Waals surface area contributed by atoms with Crippen molar-refractivity contribution in [3.63, 3.8) is 0 Å². The second-order valence-electron chi connectivity index (χ2n) is 1.64. The quantitative estimate of drug-likeness (QED) is 0.664. The zero-order valence-electron chi connectivity index (χ0n) is 6.44. The van der Waals surface area contributed by atoms with Gasteiger partial charge in [-0.1, -0.05) is 0 Å². The second-order valence-corrected chi connectivity index (χ2v) is 3.30. The van der Waals surface area contributed by atoms with Gasteiger partial charge in [0.2, 0.25) is 0 Å². The summed E-state index contributed by atoms with van der Waals surface area (Å²) in [6, 6.07) is 0. The van der Waals surface area contributed by atoms with Gasteiger partial charge in [0, 0.05) is 0 Å². The summed E-state index contributed by atoms with van der Waals surface area (Å²) in [4.78, 5) is 19.4. The van der Waals surface area contributed by atoms with Crippen LogP contribution in [0.1, 0.15) is 13.8 Å². The van der Waals surface area contributed by atoms with Crippen LogP contribution in [-0.4, -0.2) is 23.8 Å². The zero-order valence-corrected chi connectivity index (χ0v) is 7.34. The van der Waals surface area contributed by atoms with E-state index in [2.05, 4.69) is 9.26 Å². The molecule has 0 bridgehead atoms. The summed E-state index contributed by atoms with van der Waals surface area (Å²) in [7, 11) is -4.16. The Bertz CT molecular complexity index is 178. The van der Waals surface area contributed by atoms with Crippen molar-refractivity contribution in [3.05, 3.63) is 0 Å². The van der Waals surface area contributed by atoms with Crippen molar-refractivity contribution < 1.29 is 23.5 Å². The van der Waals surface area contributed by atoms with Crippen LogP contribution < -0.4 is 0 Å². The Morgan fingerprint density at radius 3 is 2.36 bits per heavy atom. The van der Waals surface area contributed by atoms with E-state index < -0.39 is 13.3 Å². The highest BCUT2D eigenvalue weighted by molar-refractivity contribution is 7.70. The van der Waals surface area contributed by atoms with Gasteiger partial charge in [-0.3, -0.25) is 0 Å². The molecular weight excluding hydrogens is 171 g/mol. The molecule has 0 radical (unpaired) electrons. The van der Waals surface area contributed by atoms with Crippen LogP contribution in [-0.2, 0) is 13.8 Å². The van der Waals surface area contributed by atoms with Gasteiger partial charge in [-0.15, -0.1) is 0 Å². The highest BCUT2D eigenvalue weighted by Gasteiger charge is 2.31. The standard InChI is InChI=1S/C5H11O5P/c1-3-9-5(6)11(7,8)10-4-2/h3-4H2,1-2H3,(H,7,8). The van der Waals surface area contributed by atoms with Crippen LogP contribution in [0, 0.1) is 0 Å². The topological polar surface area (TPSA) is 72.8 Å². The number of hydrogen-bond donors (Lipinski definition) is 1. The number of rotatable bonds is 4. The molecule has 0 saturated heterocycles. The fraction of sp³-hybridized carbons (Fsp3) is 0.800. The molecule has 0 fully saturated rings. The van der Waals surface area contributed by atoms with Crippen molar-refractivity contribution in [2.45, 2.75) is 13.8 Å². The predicted octanol–water partition coefficient (Wildman–Crippen LogP) is 1.36. The molecule has 0 aliphatic heterocycles. The van der Waals surface area contributed by atoms with Gasteiger partial charge in [0.1, 0.15) is 0 Å². The van der Waals surface area contributed by atoms with Gasteiger partial charge in [-0.2, -0.15) is 0 Å². The van der Waals surface area contributed by atoms with Crippen molar-refractivity contribution in [3.8, 4) is 0 Å². The zero-order chi connectivity index (χ0) is 8.91. The summed E-state index contributed by atoms with van der Waals surface area (Å²) in [6.45, 7) is 3.13. The summed E-state index contributed by atoms with van der Waals surface area (Å²) in [5, 5.41) is 0. The number of ether oxygens (including phenoxy) is 1. The molecule has 66 valence electrons. The maximum Gasteiger partial charge on any atom is 0.435 e. The van der Waals surface area contributed by atoms with E-state index in [4.69, 9.17) is 4.89 Å². The lowest BCUT2D eigenvalue weighted by Gasteiger charge is -2.07. The summed E-state index contributed by atoms with van der Waals surface area (Å²) in [5.41, 5.74) is -1.19. The van der Waals surface area contributed by atoms with Crippen LogP contribution in [0.2, 0.25) is 0 Å². The first-order valence-corrected chi connectivity index (χ1v) is 4.77. The molecule has 1 atom stereocenters. The van der Waals surface area contributed by atoms with Crippen molar-refractivity contribution in [1.82, 2.24) is 0 Å². The lowest BCUT2D eigenvalue weighted by Crippen LogP contribution is -2.05. The average Bonchev–Trinajstić information content (AvgIpc) is 1.88. The smallest absolute Gasteiger partial charge is 0.435 e. The minimum absolute atomic E-state index is 0.00654. The van der Waals surface area contributed by atoms with Crippen LogP contribution in [0.3, 0.4) is 0 Å². The van der Waals surface area contributed by atoms with Gasteiger partial charge < -0.3 is 14.2 Å². The third-order valence-electron chi connectivity index (χ3n) is 0.803. The van der Waals surface area contributed by atoms with Gasteiger partial charge in [0.25, 0.3) is 0 Å². The predicted molar refractivity (Wildman–Crippen MR) is 38.5 cm³/mol. The molecule has 6 heteroatoms. The second kappa shape index (κ2) is 4.49. The summed E-state index contributed by atoms with van der Waals surface area (Å²) >= 11 is 0. The molecule has 0 amide bonds. The molecule has 0 aliphatic rings. The molecule has 0 rings (SSSR count). The highest BCUT2D eigenvalue weighted by Crippen LogP contribution is 2.43. The van der Waals surface area contributed by atoms with Crippen LogP contribution in [0.25, 0.3) is 0 Å². The SMILES string of the molecule is CCOC(=O)P(=O)(O)OCC. The van der Waals surface area contributed by atoms with E-state index in [-0.39, 0.29) is 13.2 Å². The van der Waals surface area contributed by atoms with Gasteiger partial charge in [0.05, 0.1) is 13.2 Å². The van der Waals surface area contributed by atoms with E-state index in [1.54, 1.807) is 6.92 Å². The van der Waals surface area contributed by atoms with Crippen molar-refractivity contribution in [2.75, 3.05) is 13.2 Å². The van der Waals surface area contributed by atoms with Crippen LogP contribution in [0.15, 0.2) is 0 Å². The molecule has 1 unspecified atom stereocenters. The van der Waals surface area contributed by atoms with Gasteiger partial charge in [0.15, 0.2) is 0 Å². The highest BCUT2D eigenvalue weighted by atomic mass is 31.2. The van der Waals surface area contributed by atoms with Crippen LogP contribution >= 0.6 is 7.60 Å². The molecule has 0 aromatic rings. The summed E-state index contributed by atoms with van der Waals surface area (Å²) < 4.78 is 19.3. The van der Waals surface area contributed by atoms with E-state index in [0.717, 1.165) is 0 Å². The molecule has 0 heterocycles. The lowest BCUT2D eigenvalue weighted by atomic mass is 10.9. The van der Waals surface area contributed by atoms with E-state index in [1.165, 1.54) is 6.92 Å². The molecule has 5 nitrogen and oxygen atoms in total. The van der Waals surface area contributed by atoms with Gasteiger partial charge in [-0.05, 0) is 13.8 Å². The van der Waals surface area contributed by atoms with E-state index in [9.17, 15) is 9.36 Å². The largest absolute Gasteiger partial charge is 0.457 e. The number of carbonyl (C=O) groups excluding carboxylic acids is 1. The fourth-order valence-corrected chi connectivity index (χ4v) is 1.18. The molecule has 0 saturated carbocycles. The maximum atomic E-state index is 10.8. The average molecular weight is 182 g/mol. The molecule has 0 aliphatic carbocycles. The molecular formula is C5H11O5P. The van der Waals surface area contributed by atoms with E-state index >= 15 is 0 Å². The first-order chi connectivity index (χ1) is 5.04. The first-order valence-electron chi connectivity index (χ1n) is 3.19. The Hall–Kier alpha value is -0.380. The molecule has 0 spiro atoms. The van der Waals surface area contributed by atoms with Crippen LogP contribution in [0.4, 0.5) is 4.79 Å². The number of carbonyl (C=O) groups is 1. The van der Waals surface area contributed by atoms with E-state index in [1.807, 2.05) is 0 Å². The Morgan fingerprint density at radius 1 is 1.45 bits per heavy atom. The third-order valence-corrected chi connectivity index (χ3v) is 2.00. The number of hydrogen-bond acceptors (Lipinski definition) is 4. The van der Waals surface area contributed by atoms with Crippen LogP contribution in [0.5, 0.6) is 0 Å². The Morgan fingerprint density at radius 2 is 2.00 bits per heavy atom. The molecule has 0 aromatic heterocycles. The normalized spacial score (nSPS) is 15.5. The minimum Gasteiger partial charge on any atom is -0.457 e. The summed E-state index contributed by atoms with van der Waals surface area (Å²) in [5.74, 6) is 0. The molecule has 0 aromatic carbocycles. The Labute approximate surface area is 64.8 Å². The summed E-state index contributed by atoms with van der Waals surface area (Å²) in [6.07, 6.45) is 0. The monoisotopic (exact) mass is 182 g/mol. The minimum atomic E-state index is -4.16. The third kappa shape index (κ3) is 3.51. The van der Waals surface area contributed by atoms with E-state index in [0.29, 0.717) is 0 Å². The maximum absolute atomic E-state index is 10.8. The van der Waals surface area contributed by atoms with Gasteiger partial charge in [-0.25, -0.2) is 9.36 Å². The first kappa shape index (κ1) is 10.6. The van der Waals surface area contributed by atoms with Crippen molar-refractivity contribution in [2.24, 2.45) is 0 Å². The Balaban J connectivity index is 4.07. The molecule has 11 heavy (non-hydrogen) atoms. The molecule has 1 N–H and O–H groups in total. The van der Waals surface area contributed by atoms with Crippen molar-refractivity contribution in [1.29, 1.82) is 0 Å². The van der Waals surface area contributed by atoms with Crippen molar-refractivity contribution >= 4 is 13.3 Å². The fourth-order valence-electron chi connectivity index (χ4n) is 0.433. The lowest BCUT2D eigenvalue weighted by molar-refractivity contribution is 0.162. The van der Waals surface area contributed by atoms with Gasteiger partial charge >= 0.3 is 13.3 Å². The Kier molecular flexibility index (Phi) is 4.33.